The first kappa shape index (κ1) is 22.5. The first-order valence-electron chi connectivity index (χ1n) is 10.5. The lowest BCUT2D eigenvalue weighted by Gasteiger charge is -2.20. The topological polar surface area (TPSA) is 96.3 Å². The number of fused-ring (bicyclic) bond motifs is 1. The van der Waals surface area contributed by atoms with Gasteiger partial charge in [0.2, 0.25) is 0 Å². The number of Topliss-reactive ketones (excluding diaryl/α,β-unsaturated/α-hetero) is 1. The van der Waals surface area contributed by atoms with Gasteiger partial charge in [-0.05, 0) is 43.7 Å². The second-order valence-corrected chi connectivity index (χ2v) is 8.13. The molecule has 0 saturated carbocycles. The fourth-order valence-corrected chi connectivity index (χ4v) is 3.74. The third-order valence-corrected chi connectivity index (χ3v) is 5.47. The van der Waals surface area contributed by atoms with E-state index < -0.39 is 0 Å². The van der Waals surface area contributed by atoms with E-state index in [1.807, 2.05) is 6.92 Å². The molecular formula is C25H22ClN3O4. The fraction of sp³-hybridized carbons (Fsp3) is 0.200. The van der Waals surface area contributed by atoms with Crippen LogP contribution < -0.4 is 5.56 Å². The number of ketones is 1. The number of nitrogens with zero attached hydrogens (tertiary/aromatic N) is 2. The molecule has 1 amide bonds. The summed E-state index contributed by atoms with van der Waals surface area (Å²) in [6.45, 7) is 4.04. The van der Waals surface area contributed by atoms with Gasteiger partial charge in [0.1, 0.15) is 11.6 Å². The van der Waals surface area contributed by atoms with Crippen LogP contribution >= 0.6 is 11.6 Å². The van der Waals surface area contributed by atoms with E-state index in [4.69, 9.17) is 16.0 Å². The van der Waals surface area contributed by atoms with Gasteiger partial charge in [0.25, 0.3) is 11.5 Å². The molecule has 0 spiro atoms. The van der Waals surface area contributed by atoms with Crippen molar-refractivity contribution in [3.8, 4) is 11.3 Å². The normalized spacial score (nSPS) is 11.0. The third kappa shape index (κ3) is 4.88. The smallest absolute Gasteiger partial charge is 0.289 e. The standard InChI is InChI=1S/C25H22ClN3O4/c1-3-12-29(14-23-27-20-13-18(26)8-9-19(20)24(31)28-23)25(32)22-11-10-21(33-22)17-6-4-16(5-7-17)15(2)30/h4-11,13H,3,12,14H2,1-2H3,(H,27,28,31). The molecule has 0 unspecified atom stereocenters. The molecule has 2 aromatic heterocycles. The molecule has 4 rings (SSSR count). The van der Waals surface area contributed by atoms with Crippen molar-refractivity contribution in [1.82, 2.24) is 14.9 Å². The number of H-pyrrole nitrogens is 1. The highest BCUT2D eigenvalue weighted by molar-refractivity contribution is 6.31. The Hall–Kier alpha value is -3.71. The summed E-state index contributed by atoms with van der Waals surface area (Å²) in [6, 6.07) is 15.2. The number of hydrogen-bond acceptors (Lipinski definition) is 5. The number of halogens is 1. The average molecular weight is 464 g/mol. The van der Waals surface area contributed by atoms with Gasteiger partial charge in [-0.1, -0.05) is 42.8 Å². The molecular weight excluding hydrogens is 442 g/mol. The lowest BCUT2D eigenvalue weighted by molar-refractivity contribution is 0.0707. The third-order valence-electron chi connectivity index (χ3n) is 5.23. The van der Waals surface area contributed by atoms with E-state index in [9.17, 15) is 14.4 Å². The largest absolute Gasteiger partial charge is 0.451 e. The van der Waals surface area contributed by atoms with Crippen LogP contribution in [0, 0.1) is 0 Å². The summed E-state index contributed by atoms with van der Waals surface area (Å²) >= 11 is 6.04. The number of carbonyl (C=O) groups excluding carboxylic acids is 2. The summed E-state index contributed by atoms with van der Waals surface area (Å²) in [5, 5.41) is 0.912. The van der Waals surface area contributed by atoms with E-state index in [1.165, 1.54) is 6.92 Å². The minimum Gasteiger partial charge on any atom is -0.451 e. The predicted molar refractivity (Wildman–Crippen MR) is 127 cm³/mol. The molecule has 0 fully saturated rings. The Balaban J connectivity index is 1.58. The van der Waals surface area contributed by atoms with Gasteiger partial charge in [-0.3, -0.25) is 14.4 Å². The van der Waals surface area contributed by atoms with Crippen LogP contribution in [-0.4, -0.2) is 33.1 Å². The number of amides is 1. The summed E-state index contributed by atoms with van der Waals surface area (Å²) in [5.74, 6) is 0.743. The Kier molecular flexibility index (Phi) is 6.42. The molecule has 4 aromatic rings. The lowest BCUT2D eigenvalue weighted by atomic mass is 10.1. The molecule has 7 nitrogen and oxygen atoms in total. The first-order chi connectivity index (χ1) is 15.9. The average Bonchev–Trinajstić information content (AvgIpc) is 3.28. The molecule has 0 aliphatic rings. The number of hydrogen-bond donors (Lipinski definition) is 1. The molecule has 0 radical (unpaired) electrons. The number of rotatable bonds is 7. The van der Waals surface area contributed by atoms with Gasteiger partial charge in [0.15, 0.2) is 11.5 Å². The Labute approximate surface area is 195 Å². The van der Waals surface area contributed by atoms with E-state index in [0.29, 0.717) is 39.6 Å². The van der Waals surface area contributed by atoms with Gasteiger partial charge in [-0.25, -0.2) is 4.98 Å². The van der Waals surface area contributed by atoms with Crippen molar-refractivity contribution in [3.05, 3.63) is 87.1 Å². The summed E-state index contributed by atoms with van der Waals surface area (Å²) in [5.41, 5.74) is 1.55. The van der Waals surface area contributed by atoms with Crippen LogP contribution in [0.4, 0.5) is 0 Å². The van der Waals surface area contributed by atoms with Crippen molar-refractivity contribution in [2.45, 2.75) is 26.8 Å². The van der Waals surface area contributed by atoms with Crippen LogP contribution in [0.15, 0.2) is 63.8 Å². The monoisotopic (exact) mass is 463 g/mol. The van der Waals surface area contributed by atoms with Crippen LogP contribution in [0.1, 0.15) is 47.0 Å². The van der Waals surface area contributed by atoms with Crippen molar-refractivity contribution in [2.75, 3.05) is 6.54 Å². The Morgan fingerprint density at radius 1 is 1.09 bits per heavy atom. The second-order valence-electron chi connectivity index (χ2n) is 7.70. The summed E-state index contributed by atoms with van der Waals surface area (Å²) < 4.78 is 5.82. The number of carbonyl (C=O) groups is 2. The summed E-state index contributed by atoms with van der Waals surface area (Å²) in [7, 11) is 0. The Bertz CT molecular complexity index is 1390. The quantitative estimate of drug-likeness (QED) is 0.385. The van der Waals surface area contributed by atoms with Gasteiger partial charge in [0.05, 0.1) is 17.4 Å². The lowest BCUT2D eigenvalue weighted by Crippen LogP contribution is -2.32. The molecule has 0 aliphatic carbocycles. The van der Waals surface area contributed by atoms with Crippen molar-refractivity contribution >= 4 is 34.2 Å². The number of aromatic nitrogens is 2. The number of aromatic amines is 1. The van der Waals surface area contributed by atoms with Crippen LogP contribution in [0.5, 0.6) is 0 Å². The first-order valence-corrected chi connectivity index (χ1v) is 10.9. The maximum absolute atomic E-state index is 13.2. The van der Waals surface area contributed by atoms with Crippen LogP contribution in [0.25, 0.3) is 22.2 Å². The van der Waals surface area contributed by atoms with Gasteiger partial charge < -0.3 is 14.3 Å². The van der Waals surface area contributed by atoms with Crippen molar-refractivity contribution in [1.29, 1.82) is 0 Å². The van der Waals surface area contributed by atoms with Gasteiger partial charge in [0, 0.05) is 22.7 Å². The van der Waals surface area contributed by atoms with E-state index in [2.05, 4.69) is 9.97 Å². The zero-order valence-electron chi connectivity index (χ0n) is 18.2. The Morgan fingerprint density at radius 2 is 1.85 bits per heavy atom. The zero-order valence-corrected chi connectivity index (χ0v) is 19.0. The molecule has 0 aliphatic heterocycles. The minimum atomic E-state index is -0.308. The van der Waals surface area contributed by atoms with Gasteiger partial charge >= 0.3 is 0 Å². The number of benzene rings is 2. The molecule has 168 valence electrons. The van der Waals surface area contributed by atoms with Gasteiger partial charge in [-0.2, -0.15) is 0 Å². The molecule has 8 heteroatoms. The predicted octanol–water partition coefficient (Wildman–Crippen LogP) is 5.09. The summed E-state index contributed by atoms with van der Waals surface area (Å²) in [4.78, 5) is 45.9. The highest BCUT2D eigenvalue weighted by Gasteiger charge is 2.21. The van der Waals surface area contributed by atoms with Crippen molar-refractivity contribution in [2.24, 2.45) is 0 Å². The van der Waals surface area contributed by atoms with Crippen LogP contribution in [0.3, 0.4) is 0 Å². The molecule has 0 bridgehead atoms. The molecule has 0 atom stereocenters. The second kappa shape index (κ2) is 9.42. The molecule has 2 heterocycles. The van der Waals surface area contributed by atoms with E-state index in [1.54, 1.807) is 59.5 Å². The van der Waals surface area contributed by atoms with Crippen LogP contribution in [-0.2, 0) is 6.54 Å². The molecule has 0 saturated heterocycles. The Morgan fingerprint density at radius 3 is 2.55 bits per heavy atom. The molecule has 1 N–H and O–H groups in total. The van der Waals surface area contributed by atoms with Crippen molar-refractivity contribution < 1.29 is 14.0 Å². The summed E-state index contributed by atoms with van der Waals surface area (Å²) in [6.07, 6.45) is 0.718. The maximum atomic E-state index is 13.2. The zero-order chi connectivity index (χ0) is 23.5. The van der Waals surface area contributed by atoms with Crippen molar-refractivity contribution in [3.63, 3.8) is 0 Å². The van der Waals surface area contributed by atoms with Crippen LogP contribution in [0.2, 0.25) is 5.02 Å². The highest BCUT2D eigenvalue weighted by Crippen LogP contribution is 2.24. The van der Waals surface area contributed by atoms with E-state index in [-0.39, 0.29) is 29.6 Å². The minimum absolute atomic E-state index is 0.0188. The molecule has 33 heavy (non-hydrogen) atoms. The fourth-order valence-electron chi connectivity index (χ4n) is 3.57. The van der Waals surface area contributed by atoms with E-state index in [0.717, 1.165) is 12.0 Å². The maximum Gasteiger partial charge on any atom is 0.289 e. The highest BCUT2D eigenvalue weighted by atomic mass is 35.5. The van der Waals surface area contributed by atoms with E-state index >= 15 is 0 Å². The molecule has 2 aromatic carbocycles. The number of furan rings is 1. The van der Waals surface area contributed by atoms with Gasteiger partial charge in [-0.15, -0.1) is 0 Å². The SMILES string of the molecule is CCCN(Cc1nc2cc(Cl)ccc2c(=O)[nH]1)C(=O)c1ccc(-c2ccc(C(C)=O)cc2)o1. The number of nitrogens with one attached hydrogen (secondary N) is 1.